The molecule has 0 amide bonds. The quantitative estimate of drug-likeness (QED) is 0.0808. The third-order valence-electron chi connectivity index (χ3n) is 6.69. The van der Waals surface area contributed by atoms with Crippen LogP contribution in [-0.2, 0) is 25.5 Å². The van der Waals surface area contributed by atoms with Crippen LogP contribution in [-0.4, -0.2) is 88.1 Å². The van der Waals surface area contributed by atoms with Crippen molar-refractivity contribution in [3.8, 4) is 23.0 Å². The van der Waals surface area contributed by atoms with E-state index in [1.807, 2.05) is 93.5 Å². The zero-order valence-corrected chi connectivity index (χ0v) is 35.5. The second kappa shape index (κ2) is 27.7. The molecule has 0 unspecified atom stereocenters. The SMILES string of the molecule is CC(C)(C)N.CC(C)(C)N.COCCCOc1cc(/C=C(/C(=O)O)C(C)C)ccc1OC.COCCCOc1cc(C[C@H](C(=O)O)C(C)C)ccc1OC. The minimum Gasteiger partial charge on any atom is -0.493 e. The Labute approximate surface area is 325 Å². The van der Waals surface area contributed by atoms with Gasteiger partial charge in [0.25, 0.3) is 0 Å². The zero-order valence-electron chi connectivity index (χ0n) is 35.5. The van der Waals surface area contributed by atoms with Crippen LogP contribution in [0.4, 0.5) is 0 Å². The monoisotopic (exact) mass is 765 g/mol. The molecular weight excluding hydrogens is 692 g/mol. The predicted octanol–water partition coefficient (Wildman–Crippen LogP) is 7.73. The Bertz CT molecular complexity index is 1340. The number of nitrogens with two attached hydrogens (primary N) is 2. The molecule has 12 nitrogen and oxygen atoms in total. The van der Waals surface area contributed by atoms with Crippen LogP contribution in [0.5, 0.6) is 23.0 Å². The maximum absolute atomic E-state index is 11.3. The van der Waals surface area contributed by atoms with Crippen LogP contribution in [0, 0.1) is 17.8 Å². The fraction of sp³-hybridized carbons (Fsp3) is 0.619. The van der Waals surface area contributed by atoms with Crippen molar-refractivity contribution < 1.29 is 48.2 Å². The lowest BCUT2D eigenvalue weighted by Crippen LogP contribution is -2.26. The van der Waals surface area contributed by atoms with Gasteiger partial charge in [0, 0.05) is 56.9 Å². The Morgan fingerprint density at radius 3 is 1.46 bits per heavy atom. The fourth-order valence-corrected chi connectivity index (χ4v) is 4.14. The largest absolute Gasteiger partial charge is 0.493 e. The lowest BCUT2D eigenvalue weighted by atomic mass is 9.89. The van der Waals surface area contributed by atoms with E-state index in [-0.39, 0.29) is 22.9 Å². The molecule has 2 aromatic carbocycles. The van der Waals surface area contributed by atoms with E-state index in [2.05, 4.69) is 0 Å². The average molecular weight is 765 g/mol. The van der Waals surface area contributed by atoms with E-state index < -0.39 is 17.9 Å². The summed E-state index contributed by atoms with van der Waals surface area (Å²) in [5, 5.41) is 18.5. The van der Waals surface area contributed by atoms with Crippen molar-refractivity contribution in [2.75, 3.05) is 54.9 Å². The van der Waals surface area contributed by atoms with Crippen molar-refractivity contribution in [3.63, 3.8) is 0 Å². The molecule has 0 saturated carbocycles. The predicted molar refractivity (Wildman–Crippen MR) is 218 cm³/mol. The van der Waals surface area contributed by atoms with E-state index in [9.17, 15) is 19.8 Å². The van der Waals surface area contributed by atoms with E-state index in [0.717, 1.165) is 24.0 Å². The number of benzene rings is 2. The Balaban J connectivity index is 0. The van der Waals surface area contributed by atoms with Crippen molar-refractivity contribution in [2.24, 2.45) is 29.2 Å². The van der Waals surface area contributed by atoms with Gasteiger partial charge in [-0.3, -0.25) is 4.79 Å². The first-order valence-electron chi connectivity index (χ1n) is 18.3. The van der Waals surface area contributed by atoms with E-state index in [4.69, 9.17) is 39.9 Å². The molecule has 0 aliphatic rings. The number of hydrogen-bond acceptors (Lipinski definition) is 10. The summed E-state index contributed by atoms with van der Waals surface area (Å²) in [5.41, 5.74) is 12.8. The molecular formula is C42H72N2O10. The van der Waals surface area contributed by atoms with Gasteiger partial charge < -0.3 is 50.1 Å². The highest BCUT2D eigenvalue weighted by molar-refractivity contribution is 5.92. The Hall–Kier alpha value is -3.84. The molecule has 12 heteroatoms. The Kier molecular flexibility index (Phi) is 26.8. The number of rotatable bonds is 19. The molecule has 0 spiro atoms. The molecule has 1 atom stereocenters. The first-order valence-corrected chi connectivity index (χ1v) is 18.3. The summed E-state index contributed by atoms with van der Waals surface area (Å²) in [7, 11) is 6.46. The molecule has 0 heterocycles. The lowest BCUT2D eigenvalue weighted by Gasteiger charge is -2.17. The second-order valence-electron chi connectivity index (χ2n) is 15.5. The van der Waals surface area contributed by atoms with Crippen molar-refractivity contribution in [3.05, 3.63) is 53.1 Å². The van der Waals surface area contributed by atoms with Crippen LogP contribution in [0.2, 0.25) is 0 Å². The van der Waals surface area contributed by atoms with Gasteiger partial charge in [0.15, 0.2) is 23.0 Å². The van der Waals surface area contributed by atoms with Crippen LogP contribution in [0.1, 0.15) is 93.2 Å². The van der Waals surface area contributed by atoms with Crippen molar-refractivity contribution in [1.82, 2.24) is 0 Å². The standard InChI is InChI=1S/C17H26O5.C17H24O5.2C4H11N/c2*1-12(2)14(17(18)19)10-13-6-7-15(21-4)16(11-13)22-9-5-8-20-3;2*1-4(2,3)5/h6-7,11-12,14H,5,8-10H2,1-4H3,(H,18,19);6-7,10-12H,5,8-9H2,1-4H3,(H,18,19);2*5H2,1-3H3/b;14-10+;;/t14-;;;/m0.../s1. The lowest BCUT2D eigenvalue weighted by molar-refractivity contribution is -0.143. The number of ether oxygens (including phenoxy) is 6. The van der Waals surface area contributed by atoms with E-state index in [0.29, 0.717) is 61.4 Å². The highest BCUT2D eigenvalue weighted by Gasteiger charge is 2.22. The maximum Gasteiger partial charge on any atom is 0.331 e. The summed E-state index contributed by atoms with van der Waals surface area (Å²) >= 11 is 0. The van der Waals surface area contributed by atoms with Crippen LogP contribution < -0.4 is 30.4 Å². The zero-order chi connectivity index (χ0) is 42.1. The molecule has 2 rings (SSSR count). The molecule has 54 heavy (non-hydrogen) atoms. The number of carboxylic acids is 2. The summed E-state index contributed by atoms with van der Waals surface area (Å²) < 4.78 is 31.9. The third-order valence-corrected chi connectivity index (χ3v) is 6.69. The molecule has 0 bridgehead atoms. The molecule has 6 N–H and O–H groups in total. The Morgan fingerprint density at radius 1 is 0.685 bits per heavy atom. The van der Waals surface area contributed by atoms with Gasteiger partial charge in [-0.2, -0.15) is 0 Å². The summed E-state index contributed by atoms with van der Waals surface area (Å²) in [6, 6.07) is 10.9. The number of carboxylic acid groups (broad SMARTS) is 2. The van der Waals surface area contributed by atoms with Gasteiger partial charge in [0.2, 0.25) is 0 Å². The summed E-state index contributed by atoms with van der Waals surface area (Å²) in [5.74, 6) is 0.436. The number of carbonyl (C=O) groups is 2. The molecule has 0 saturated heterocycles. The van der Waals surface area contributed by atoms with Gasteiger partial charge in [0.1, 0.15) is 0 Å². The highest BCUT2D eigenvalue weighted by atomic mass is 16.5. The molecule has 0 fully saturated rings. The summed E-state index contributed by atoms with van der Waals surface area (Å²) in [4.78, 5) is 22.6. The molecule has 0 aromatic heterocycles. The van der Waals surface area contributed by atoms with E-state index >= 15 is 0 Å². The van der Waals surface area contributed by atoms with Crippen molar-refractivity contribution >= 4 is 18.0 Å². The minimum atomic E-state index is -0.909. The van der Waals surface area contributed by atoms with E-state index in [1.165, 1.54) is 0 Å². The van der Waals surface area contributed by atoms with Gasteiger partial charge in [-0.1, -0.05) is 39.8 Å². The molecule has 310 valence electrons. The van der Waals surface area contributed by atoms with Crippen molar-refractivity contribution in [2.45, 2.75) is 99.6 Å². The number of aliphatic carboxylic acids is 2. The first kappa shape index (κ1) is 52.3. The topological polar surface area (TPSA) is 182 Å². The van der Waals surface area contributed by atoms with Crippen LogP contribution in [0.3, 0.4) is 0 Å². The summed E-state index contributed by atoms with van der Waals surface area (Å²) in [6.07, 6.45) is 3.69. The van der Waals surface area contributed by atoms with Gasteiger partial charge >= 0.3 is 11.9 Å². The number of hydrogen-bond donors (Lipinski definition) is 4. The molecule has 0 radical (unpaired) electrons. The fourth-order valence-electron chi connectivity index (χ4n) is 4.14. The third kappa shape index (κ3) is 27.7. The summed E-state index contributed by atoms with van der Waals surface area (Å²) in [6.45, 7) is 21.6. The first-order chi connectivity index (χ1) is 25.0. The average Bonchev–Trinajstić information content (AvgIpc) is 3.05. The van der Waals surface area contributed by atoms with Gasteiger partial charge in [0.05, 0.1) is 33.4 Å². The highest BCUT2D eigenvalue weighted by Crippen LogP contribution is 2.31. The minimum absolute atomic E-state index is 0. The van der Waals surface area contributed by atoms with Crippen molar-refractivity contribution in [1.29, 1.82) is 0 Å². The normalized spacial score (nSPS) is 11.9. The van der Waals surface area contributed by atoms with Gasteiger partial charge in [-0.15, -0.1) is 0 Å². The van der Waals surface area contributed by atoms with Crippen LogP contribution >= 0.6 is 0 Å². The van der Waals surface area contributed by atoms with Gasteiger partial charge in [-0.25, -0.2) is 4.79 Å². The molecule has 0 aliphatic carbocycles. The van der Waals surface area contributed by atoms with Gasteiger partial charge in [-0.05, 0) is 101 Å². The van der Waals surface area contributed by atoms with E-state index in [1.54, 1.807) is 46.6 Å². The second-order valence-corrected chi connectivity index (χ2v) is 15.5. The maximum atomic E-state index is 11.3. The molecule has 2 aromatic rings. The van der Waals surface area contributed by atoms with Crippen LogP contribution in [0.15, 0.2) is 42.0 Å². The number of methoxy groups -OCH3 is 4. The molecule has 0 aliphatic heterocycles. The Morgan fingerprint density at radius 2 is 1.11 bits per heavy atom. The smallest absolute Gasteiger partial charge is 0.331 e. The van der Waals surface area contributed by atoms with Crippen LogP contribution in [0.25, 0.3) is 6.08 Å².